The van der Waals surface area contributed by atoms with E-state index in [4.69, 9.17) is 5.26 Å². The molecule has 0 spiro atoms. The summed E-state index contributed by atoms with van der Waals surface area (Å²) in [6.45, 7) is 2.34. The minimum atomic E-state index is -0.652. The van der Waals surface area contributed by atoms with E-state index in [1.54, 1.807) is 36.4 Å². The minimum absolute atomic E-state index is 0.0126. The average molecular weight is 284 g/mol. The molecule has 2 atom stereocenters. The van der Waals surface area contributed by atoms with E-state index >= 15 is 0 Å². The molecule has 0 aliphatic heterocycles. The van der Waals surface area contributed by atoms with Crippen molar-refractivity contribution in [2.45, 2.75) is 19.1 Å². The summed E-state index contributed by atoms with van der Waals surface area (Å²) >= 11 is 0. The van der Waals surface area contributed by atoms with Crippen LogP contribution in [0.3, 0.4) is 0 Å². The molecule has 2 aromatic rings. The summed E-state index contributed by atoms with van der Waals surface area (Å²) in [7, 11) is 0. The van der Waals surface area contributed by atoms with Gasteiger partial charge in [0.05, 0.1) is 17.7 Å². The average Bonchev–Trinajstić information content (AvgIpc) is 2.53. The number of hydrogen-bond donors (Lipinski definition) is 2. The third kappa shape index (κ3) is 4.12. The molecular weight excluding hydrogens is 267 g/mol. The van der Waals surface area contributed by atoms with Crippen molar-refractivity contribution in [3.63, 3.8) is 0 Å². The number of hydrogen-bond acceptors (Lipinski definition) is 3. The fourth-order valence-electron chi connectivity index (χ4n) is 2.06. The van der Waals surface area contributed by atoms with E-state index in [0.29, 0.717) is 12.1 Å². The van der Waals surface area contributed by atoms with Gasteiger partial charge in [0.1, 0.15) is 5.82 Å². The predicted molar refractivity (Wildman–Crippen MR) is 78.9 cm³/mol. The molecule has 0 amide bonds. The monoisotopic (exact) mass is 284 g/mol. The third-order valence-electron chi connectivity index (χ3n) is 3.41. The standard InChI is InChI=1S/C17H17FN2O/c1-12(14-6-8-16(18)9-7-14)20-11-17(21)15-4-2-13(10-19)3-5-15/h2-9,12,17,20-21H,11H2,1H3. The Morgan fingerprint density at radius 3 is 2.24 bits per heavy atom. The van der Waals surface area contributed by atoms with E-state index in [9.17, 15) is 9.50 Å². The first-order chi connectivity index (χ1) is 10.1. The molecule has 0 heterocycles. The molecule has 2 rings (SSSR count). The Bertz CT molecular complexity index is 617. The van der Waals surface area contributed by atoms with Crippen molar-refractivity contribution in [2.75, 3.05) is 6.54 Å². The molecule has 2 aromatic carbocycles. The maximum absolute atomic E-state index is 12.9. The molecule has 0 saturated heterocycles. The Hall–Kier alpha value is -2.22. The normalized spacial score (nSPS) is 13.4. The van der Waals surface area contributed by atoms with Crippen LogP contribution in [0.5, 0.6) is 0 Å². The molecule has 4 heteroatoms. The second-order valence-corrected chi connectivity index (χ2v) is 4.93. The van der Waals surface area contributed by atoms with Gasteiger partial charge >= 0.3 is 0 Å². The molecule has 0 bridgehead atoms. The topological polar surface area (TPSA) is 56.0 Å². The molecule has 0 aliphatic rings. The van der Waals surface area contributed by atoms with Gasteiger partial charge in [-0.05, 0) is 42.3 Å². The van der Waals surface area contributed by atoms with Gasteiger partial charge in [-0.3, -0.25) is 0 Å². The zero-order chi connectivity index (χ0) is 15.2. The zero-order valence-corrected chi connectivity index (χ0v) is 11.8. The number of halogens is 1. The molecule has 2 N–H and O–H groups in total. The fourth-order valence-corrected chi connectivity index (χ4v) is 2.06. The molecule has 0 aromatic heterocycles. The van der Waals surface area contributed by atoms with Crippen LogP contribution < -0.4 is 5.32 Å². The van der Waals surface area contributed by atoms with Crippen molar-refractivity contribution in [3.8, 4) is 6.07 Å². The summed E-state index contributed by atoms with van der Waals surface area (Å²) in [6, 6.07) is 15.2. The first-order valence-electron chi connectivity index (χ1n) is 6.77. The molecule has 0 radical (unpaired) electrons. The van der Waals surface area contributed by atoms with Crippen molar-refractivity contribution in [3.05, 3.63) is 71.0 Å². The smallest absolute Gasteiger partial charge is 0.123 e. The number of aliphatic hydroxyl groups excluding tert-OH is 1. The first kappa shape index (κ1) is 15.2. The van der Waals surface area contributed by atoms with Crippen molar-refractivity contribution in [1.82, 2.24) is 5.32 Å². The van der Waals surface area contributed by atoms with Crippen LogP contribution in [0.15, 0.2) is 48.5 Å². The number of benzene rings is 2. The number of nitriles is 1. The Labute approximate surface area is 123 Å². The lowest BCUT2D eigenvalue weighted by atomic mass is 10.1. The van der Waals surface area contributed by atoms with E-state index < -0.39 is 6.10 Å². The van der Waals surface area contributed by atoms with Gasteiger partial charge in [0.2, 0.25) is 0 Å². The van der Waals surface area contributed by atoms with Crippen LogP contribution in [-0.4, -0.2) is 11.7 Å². The quantitative estimate of drug-likeness (QED) is 0.887. The van der Waals surface area contributed by atoms with Crippen LogP contribution in [-0.2, 0) is 0 Å². The van der Waals surface area contributed by atoms with Gasteiger partial charge in [-0.25, -0.2) is 4.39 Å². The van der Waals surface area contributed by atoms with E-state index in [1.165, 1.54) is 12.1 Å². The molecule has 0 saturated carbocycles. The maximum atomic E-state index is 12.9. The zero-order valence-electron chi connectivity index (χ0n) is 11.8. The fraction of sp³-hybridized carbons (Fsp3) is 0.235. The first-order valence-corrected chi connectivity index (χ1v) is 6.77. The van der Waals surface area contributed by atoms with Crippen LogP contribution >= 0.6 is 0 Å². The van der Waals surface area contributed by atoms with Crippen LogP contribution in [0.1, 0.15) is 35.8 Å². The maximum Gasteiger partial charge on any atom is 0.123 e. The number of aliphatic hydroxyl groups is 1. The Balaban J connectivity index is 1.92. The summed E-state index contributed by atoms with van der Waals surface area (Å²) in [5, 5.41) is 22.1. The van der Waals surface area contributed by atoms with Crippen LogP contribution in [0, 0.1) is 17.1 Å². The van der Waals surface area contributed by atoms with Crippen LogP contribution in [0.4, 0.5) is 4.39 Å². The number of rotatable bonds is 5. The second kappa shape index (κ2) is 6.98. The van der Waals surface area contributed by atoms with E-state index in [1.807, 2.05) is 13.0 Å². The van der Waals surface area contributed by atoms with Gasteiger partial charge in [0, 0.05) is 12.6 Å². The van der Waals surface area contributed by atoms with E-state index in [-0.39, 0.29) is 11.9 Å². The largest absolute Gasteiger partial charge is 0.387 e. The van der Waals surface area contributed by atoms with Gasteiger partial charge in [-0.15, -0.1) is 0 Å². The third-order valence-corrected chi connectivity index (χ3v) is 3.41. The highest BCUT2D eigenvalue weighted by Gasteiger charge is 2.10. The summed E-state index contributed by atoms with van der Waals surface area (Å²) in [5.41, 5.74) is 2.29. The minimum Gasteiger partial charge on any atom is -0.387 e. The SMILES string of the molecule is CC(NCC(O)c1ccc(C#N)cc1)c1ccc(F)cc1. The van der Waals surface area contributed by atoms with Crippen molar-refractivity contribution in [1.29, 1.82) is 5.26 Å². The lowest BCUT2D eigenvalue weighted by Gasteiger charge is -2.18. The molecule has 21 heavy (non-hydrogen) atoms. The Morgan fingerprint density at radius 1 is 1.10 bits per heavy atom. The van der Waals surface area contributed by atoms with Crippen molar-refractivity contribution in [2.24, 2.45) is 0 Å². The molecule has 108 valence electrons. The summed E-state index contributed by atoms with van der Waals surface area (Å²) in [6.07, 6.45) is -0.652. The molecule has 0 aliphatic carbocycles. The lowest BCUT2D eigenvalue weighted by Crippen LogP contribution is -2.24. The lowest BCUT2D eigenvalue weighted by molar-refractivity contribution is 0.171. The molecule has 2 unspecified atom stereocenters. The number of nitrogens with one attached hydrogen (secondary N) is 1. The predicted octanol–water partition coefficient (Wildman–Crippen LogP) is 3.08. The van der Waals surface area contributed by atoms with Gasteiger partial charge < -0.3 is 10.4 Å². The van der Waals surface area contributed by atoms with Crippen molar-refractivity contribution >= 4 is 0 Å². The van der Waals surface area contributed by atoms with Gasteiger partial charge in [0.25, 0.3) is 0 Å². The van der Waals surface area contributed by atoms with E-state index in [2.05, 4.69) is 5.32 Å². The second-order valence-electron chi connectivity index (χ2n) is 4.93. The van der Waals surface area contributed by atoms with E-state index in [0.717, 1.165) is 11.1 Å². The molecular formula is C17H17FN2O. The molecule has 0 fully saturated rings. The summed E-state index contributed by atoms with van der Waals surface area (Å²) < 4.78 is 12.9. The van der Waals surface area contributed by atoms with Gasteiger partial charge in [0.15, 0.2) is 0 Å². The highest BCUT2D eigenvalue weighted by atomic mass is 19.1. The Kier molecular flexibility index (Phi) is 5.04. The van der Waals surface area contributed by atoms with Crippen LogP contribution in [0.25, 0.3) is 0 Å². The summed E-state index contributed by atoms with van der Waals surface area (Å²) in [4.78, 5) is 0. The summed E-state index contributed by atoms with van der Waals surface area (Å²) in [5.74, 6) is -0.261. The van der Waals surface area contributed by atoms with Crippen molar-refractivity contribution < 1.29 is 9.50 Å². The Morgan fingerprint density at radius 2 is 1.67 bits per heavy atom. The number of nitrogens with zero attached hydrogens (tertiary/aromatic N) is 1. The van der Waals surface area contributed by atoms with Crippen LogP contribution in [0.2, 0.25) is 0 Å². The van der Waals surface area contributed by atoms with Gasteiger partial charge in [-0.2, -0.15) is 5.26 Å². The highest BCUT2D eigenvalue weighted by molar-refractivity contribution is 5.32. The highest BCUT2D eigenvalue weighted by Crippen LogP contribution is 2.16. The van der Waals surface area contributed by atoms with Gasteiger partial charge in [-0.1, -0.05) is 24.3 Å². The molecule has 3 nitrogen and oxygen atoms in total.